The molecule has 0 radical (unpaired) electrons. The molecule has 0 aromatic carbocycles. The number of halogens is 1. The molecule has 1 N–H and O–H groups in total. The van der Waals surface area contributed by atoms with E-state index >= 15 is 0 Å². The van der Waals surface area contributed by atoms with Crippen LogP contribution in [0.25, 0.3) is 5.65 Å². The Hall–Kier alpha value is -1.63. The maximum Gasteiger partial charge on any atom is 0.357 e. The van der Waals surface area contributed by atoms with Crippen LogP contribution in [-0.4, -0.2) is 38.3 Å². The second-order valence-corrected chi connectivity index (χ2v) is 6.00. The Labute approximate surface area is 119 Å². The van der Waals surface area contributed by atoms with Crippen molar-refractivity contribution >= 4 is 33.4 Å². The SMILES string of the molecule is CN(c1ccc2nc(C(=O)O)c(Br)n2n1)C(C)(C)C. The van der Waals surface area contributed by atoms with Crippen LogP contribution in [0.5, 0.6) is 0 Å². The van der Waals surface area contributed by atoms with Crippen molar-refractivity contribution in [3.63, 3.8) is 0 Å². The first-order valence-electron chi connectivity index (χ1n) is 5.74. The van der Waals surface area contributed by atoms with E-state index in [9.17, 15) is 4.79 Å². The van der Waals surface area contributed by atoms with Crippen LogP contribution in [0.4, 0.5) is 5.82 Å². The minimum absolute atomic E-state index is 0.0388. The number of rotatable bonds is 2. The summed E-state index contributed by atoms with van der Waals surface area (Å²) in [6.45, 7) is 6.22. The van der Waals surface area contributed by atoms with E-state index in [2.05, 4.69) is 46.8 Å². The van der Waals surface area contributed by atoms with Crippen LogP contribution < -0.4 is 4.90 Å². The molecule has 2 aromatic heterocycles. The summed E-state index contributed by atoms with van der Waals surface area (Å²) in [7, 11) is 1.94. The Kier molecular flexibility index (Phi) is 3.25. The number of hydrogen-bond acceptors (Lipinski definition) is 4. The molecule has 0 aliphatic carbocycles. The topological polar surface area (TPSA) is 70.7 Å². The van der Waals surface area contributed by atoms with Crippen LogP contribution >= 0.6 is 15.9 Å². The second kappa shape index (κ2) is 4.48. The molecule has 0 fully saturated rings. The first-order valence-corrected chi connectivity index (χ1v) is 6.53. The summed E-state index contributed by atoms with van der Waals surface area (Å²) in [6.07, 6.45) is 0. The van der Waals surface area contributed by atoms with Gasteiger partial charge in [0.25, 0.3) is 0 Å². The van der Waals surface area contributed by atoms with Gasteiger partial charge in [-0.2, -0.15) is 0 Å². The lowest BCUT2D eigenvalue weighted by atomic mass is 10.1. The van der Waals surface area contributed by atoms with E-state index in [0.29, 0.717) is 10.3 Å². The van der Waals surface area contributed by atoms with Gasteiger partial charge in [0.2, 0.25) is 0 Å². The maximum absolute atomic E-state index is 11.0. The fraction of sp³-hybridized carbons (Fsp3) is 0.417. The number of carboxylic acid groups (broad SMARTS) is 1. The number of nitrogens with zero attached hydrogens (tertiary/aromatic N) is 4. The molecule has 0 bridgehead atoms. The Bertz CT molecular complexity index is 645. The van der Waals surface area contributed by atoms with Crippen molar-refractivity contribution in [2.45, 2.75) is 26.3 Å². The van der Waals surface area contributed by atoms with Crippen LogP contribution in [-0.2, 0) is 0 Å². The van der Waals surface area contributed by atoms with Crippen molar-refractivity contribution < 1.29 is 9.90 Å². The third-order valence-electron chi connectivity index (χ3n) is 2.96. The lowest BCUT2D eigenvalue weighted by molar-refractivity contribution is 0.0690. The van der Waals surface area contributed by atoms with Gasteiger partial charge in [-0.05, 0) is 48.8 Å². The van der Waals surface area contributed by atoms with Crippen molar-refractivity contribution in [1.29, 1.82) is 0 Å². The van der Waals surface area contributed by atoms with Gasteiger partial charge < -0.3 is 10.0 Å². The third kappa shape index (κ3) is 2.42. The lowest BCUT2D eigenvalue weighted by Gasteiger charge is -2.32. The monoisotopic (exact) mass is 326 g/mol. The van der Waals surface area contributed by atoms with Crippen molar-refractivity contribution in [2.75, 3.05) is 11.9 Å². The molecule has 7 heteroatoms. The molecule has 0 saturated carbocycles. The number of anilines is 1. The van der Waals surface area contributed by atoms with Gasteiger partial charge in [0.15, 0.2) is 11.3 Å². The van der Waals surface area contributed by atoms with Gasteiger partial charge in [-0.15, -0.1) is 5.10 Å². The quantitative estimate of drug-likeness (QED) is 0.917. The summed E-state index contributed by atoms with van der Waals surface area (Å²) < 4.78 is 1.83. The Balaban J connectivity index is 2.58. The molecule has 19 heavy (non-hydrogen) atoms. The number of hydrogen-bond donors (Lipinski definition) is 1. The minimum Gasteiger partial charge on any atom is -0.476 e. The number of carbonyl (C=O) groups is 1. The second-order valence-electron chi connectivity index (χ2n) is 5.25. The van der Waals surface area contributed by atoms with E-state index in [1.165, 1.54) is 4.52 Å². The minimum atomic E-state index is -1.08. The molecule has 0 aliphatic rings. The zero-order valence-corrected chi connectivity index (χ0v) is 12.8. The normalized spacial score (nSPS) is 11.8. The summed E-state index contributed by atoms with van der Waals surface area (Å²) in [5, 5.41) is 13.4. The molecular formula is C12H15BrN4O2. The zero-order chi connectivity index (χ0) is 14.4. The highest BCUT2D eigenvalue weighted by Crippen LogP contribution is 2.23. The molecule has 0 saturated heterocycles. The zero-order valence-electron chi connectivity index (χ0n) is 11.2. The van der Waals surface area contributed by atoms with E-state index in [-0.39, 0.29) is 11.2 Å². The number of imidazole rings is 1. The molecule has 0 spiro atoms. The molecule has 2 heterocycles. The van der Waals surface area contributed by atoms with E-state index in [4.69, 9.17) is 5.11 Å². The number of aromatic nitrogens is 3. The van der Waals surface area contributed by atoms with E-state index in [1.54, 1.807) is 6.07 Å². The van der Waals surface area contributed by atoms with Crippen molar-refractivity contribution in [2.24, 2.45) is 0 Å². The Morgan fingerprint density at radius 1 is 1.42 bits per heavy atom. The van der Waals surface area contributed by atoms with Gasteiger partial charge in [0.1, 0.15) is 10.4 Å². The summed E-state index contributed by atoms with van der Waals surface area (Å²) >= 11 is 3.22. The van der Waals surface area contributed by atoms with Crippen LogP contribution in [0, 0.1) is 0 Å². The van der Waals surface area contributed by atoms with Gasteiger partial charge in [-0.25, -0.2) is 14.3 Å². The van der Waals surface area contributed by atoms with Crippen molar-refractivity contribution in [3.05, 3.63) is 22.4 Å². The number of carboxylic acids is 1. The molecule has 102 valence electrons. The predicted molar refractivity (Wildman–Crippen MR) is 75.8 cm³/mol. The predicted octanol–water partition coefficient (Wildman–Crippen LogP) is 2.42. The molecule has 6 nitrogen and oxygen atoms in total. The summed E-state index contributed by atoms with van der Waals surface area (Å²) in [4.78, 5) is 17.0. The van der Waals surface area contributed by atoms with Crippen LogP contribution in [0.1, 0.15) is 31.3 Å². The molecule has 0 aliphatic heterocycles. The average molecular weight is 327 g/mol. The van der Waals surface area contributed by atoms with Gasteiger partial charge >= 0.3 is 5.97 Å². The van der Waals surface area contributed by atoms with Crippen LogP contribution in [0.3, 0.4) is 0 Å². The fourth-order valence-electron chi connectivity index (χ4n) is 1.56. The molecule has 2 aromatic rings. The summed E-state index contributed by atoms with van der Waals surface area (Å²) in [5.74, 6) is -0.335. The Morgan fingerprint density at radius 3 is 2.58 bits per heavy atom. The van der Waals surface area contributed by atoms with Gasteiger partial charge in [0, 0.05) is 12.6 Å². The first-order chi connectivity index (χ1) is 8.71. The van der Waals surface area contributed by atoms with E-state index < -0.39 is 5.97 Å². The van der Waals surface area contributed by atoms with Gasteiger partial charge in [-0.1, -0.05) is 0 Å². The van der Waals surface area contributed by atoms with Crippen LogP contribution in [0.2, 0.25) is 0 Å². The van der Waals surface area contributed by atoms with Crippen LogP contribution in [0.15, 0.2) is 16.7 Å². The highest BCUT2D eigenvalue weighted by Gasteiger charge is 2.21. The molecule has 0 unspecified atom stereocenters. The number of aromatic carboxylic acids is 1. The van der Waals surface area contributed by atoms with Crippen molar-refractivity contribution in [3.8, 4) is 0 Å². The van der Waals surface area contributed by atoms with E-state index in [1.807, 2.05) is 18.0 Å². The fourth-order valence-corrected chi connectivity index (χ4v) is 2.07. The summed E-state index contributed by atoms with van der Waals surface area (Å²) in [6, 6.07) is 3.58. The average Bonchev–Trinajstić information content (AvgIpc) is 2.64. The first kappa shape index (κ1) is 13.8. The standard InChI is InChI=1S/C12H15BrN4O2/c1-12(2,3)16(4)8-6-5-7-14-9(11(18)19)10(13)17(7)15-8/h5-6H,1-4H3,(H,18,19). The molecule has 0 amide bonds. The lowest BCUT2D eigenvalue weighted by Crippen LogP contribution is -2.38. The van der Waals surface area contributed by atoms with Gasteiger partial charge in [-0.3, -0.25) is 0 Å². The van der Waals surface area contributed by atoms with Gasteiger partial charge in [0.05, 0.1) is 0 Å². The molecular weight excluding hydrogens is 312 g/mol. The van der Waals surface area contributed by atoms with E-state index in [0.717, 1.165) is 5.82 Å². The van der Waals surface area contributed by atoms with Crippen molar-refractivity contribution in [1.82, 2.24) is 14.6 Å². The highest BCUT2D eigenvalue weighted by molar-refractivity contribution is 9.10. The summed E-state index contributed by atoms with van der Waals surface area (Å²) in [5.41, 5.74) is 0.377. The molecule has 0 atom stereocenters. The molecule has 2 rings (SSSR count). The largest absolute Gasteiger partial charge is 0.476 e. The Morgan fingerprint density at radius 2 is 2.05 bits per heavy atom. The number of fused-ring (bicyclic) bond motifs is 1. The smallest absolute Gasteiger partial charge is 0.357 e. The highest BCUT2D eigenvalue weighted by atomic mass is 79.9. The third-order valence-corrected chi connectivity index (χ3v) is 3.67. The maximum atomic E-state index is 11.0.